The summed E-state index contributed by atoms with van der Waals surface area (Å²) < 4.78 is 11.3. The van der Waals surface area contributed by atoms with Crippen LogP contribution in [0.2, 0.25) is 0 Å². The SMILES string of the molecule is c1ccc(-c2ccc(-n3c4ccccc4c4c3ccc3c5ccccc5n(-c5ccc6oc7cc8ccccc8cc7c6c5)c34)cc2)cc1. The van der Waals surface area contributed by atoms with E-state index in [4.69, 9.17) is 4.42 Å². The molecule has 8 aromatic carbocycles. The number of hydrogen-bond donors (Lipinski definition) is 0. The van der Waals surface area contributed by atoms with Crippen LogP contribution < -0.4 is 0 Å². The lowest BCUT2D eigenvalue weighted by Crippen LogP contribution is -1.95. The van der Waals surface area contributed by atoms with Gasteiger partial charge in [-0.2, -0.15) is 0 Å². The van der Waals surface area contributed by atoms with Crippen molar-refractivity contribution in [2.24, 2.45) is 0 Å². The molecule has 0 spiro atoms. The minimum absolute atomic E-state index is 0.899. The first-order valence-electron chi connectivity index (χ1n) is 16.8. The highest BCUT2D eigenvalue weighted by Crippen LogP contribution is 2.43. The van der Waals surface area contributed by atoms with Crippen LogP contribution in [0, 0.1) is 0 Å². The van der Waals surface area contributed by atoms with Crippen LogP contribution >= 0.6 is 0 Å². The predicted octanol–water partition coefficient (Wildman–Crippen LogP) is 12.6. The zero-order valence-electron chi connectivity index (χ0n) is 26.5. The zero-order valence-corrected chi connectivity index (χ0v) is 26.5. The molecule has 0 atom stereocenters. The highest BCUT2D eigenvalue weighted by molar-refractivity contribution is 6.26. The number of furan rings is 1. The standard InChI is InChI=1S/C46H28N2O/c1-2-10-29(11-3-1)30-18-20-33(21-19-30)47-41-17-9-7-15-37(41)45-42(47)24-23-36-35-14-6-8-16-40(35)48(46(36)45)34-22-25-43-39(28-34)38-26-31-12-4-5-13-32(31)27-44(38)49-43/h1-28H. The summed E-state index contributed by atoms with van der Waals surface area (Å²) in [5.74, 6) is 0. The predicted molar refractivity (Wildman–Crippen MR) is 205 cm³/mol. The second kappa shape index (κ2) is 9.96. The normalized spacial score (nSPS) is 12.1. The number of hydrogen-bond acceptors (Lipinski definition) is 1. The molecule has 228 valence electrons. The Balaban J connectivity index is 1.21. The maximum atomic E-state index is 6.41. The van der Waals surface area contributed by atoms with Gasteiger partial charge in [-0.25, -0.2) is 0 Å². The highest BCUT2D eigenvalue weighted by Gasteiger charge is 2.21. The van der Waals surface area contributed by atoms with Crippen molar-refractivity contribution in [3.05, 3.63) is 170 Å². The lowest BCUT2D eigenvalue weighted by atomic mass is 10.1. The Labute approximate surface area is 281 Å². The van der Waals surface area contributed by atoms with Gasteiger partial charge < -0.3 is 13.6 Å². The van der Waals surface area contributed by atoms with Crippen molar-refractivity contribution >= 4 is 76.3 Å². The molecule has 3 nitrogen and oxygen atoms in total. The summed E-state index contributed by atoms with van der Waals surface area (Å²) >= 11 is 0. The summed E-state index contributed by atoms with van der Waals surface area (Å²) in [5, 5.41) is 9.63. The number of para-hydroxylation sites is 2. The molecule has 0 N–H and O–H groups in total. The molecule has 0 aliphatic rings. The molecule has 0 aliphatic heterocycles. The molecule has 0 fully saturated rings. The van der Waals surface area contributed by atoms with E-state index in [9.17, 15) is 0 Å². The minimum Gasteiger partial charge on any atom is -0.456 e. The number of benzene rings is 8. The fourth-order valence-electron chi connectivity index (χ4n) is 8.08. The molecule has 3 heterocycles. The molecule has 0 amide bonds. The van der Waals surface area contributed by atoms with Crippen LogP contribution in [0.5, 0.6) is 0 Å². The van der Waals surface area contributed by atoms with E-state index in [1.807, 2.05) is 0 Å². The van der Waals surface area contributed by atoms with Crippen LogP contribution in [-0.2, 0) is 0 Å². The fourth-order valence-corrected chi connectivity index (χ4v) is 8.08. The van der Waals surface area contributed by atoms with E-state index < -0.39 is 0 Å². The van der Waals surface area contributed by atoms with Crippen molar-refractivity contribution < 1.29 is 4.42 Å². The van der Waals surface area contributed by atoms with Gasteiger partial charge in [0, 0.05) is 43.7 Å². The summed E-state index contributed by atoms with van der Waals surface area (Å²) in [5.41, 5.74) is 11.3. The van der Waals surface area contributed by atoms with Gasteiger partial charge in [-0.15, -0.1) is 0 Å². The summed E-state index contributed by atoms with van der Waals surface area (Å²) in [6, 6.07) is 61.3. The molecule has 3 aromatic heterocycles. The Morgan fingerprint density at radius 3 is 1.80 bits per heavy atom. The average Bonchev–Trinajstić information content (AvgIpc) is 3.81. The largest absolute Gasteiger partial charge is 0.456 e. The maximum Gasteiger partial charge on any atom is 0.136 e. The van der Waals surface area contributed by atoms with Crippen molar-refractivity contribution in [3.63, 3.8) is 0 Å². The van der Waals surface area contributed by atoms with Crippen LogP contribution in [-0.4, -0.2) is 9.13 Å². The lowest BCUT2D eigenvalue weighted by molar-refractivity contribution is 0.669. The van der Waals surface area contributed by atoms with E-state index in [1.54, 1.807) is 0 Å². The third kappa shape index (κ3) is 3.78. The number of aromatic nitrogens is 2. The molecule has 11 rings (SSSR count). The van der Waals surface area contributed by atoms with Gasteiger partial charge in [-0.3, -0.25) is 0 Å². The molecule has 0 bridgehead atoms. The summed E-state index contributed by atoms with van der Waals surface area (Å²) in [4.78, 5) is 0. The van der Waals surface area contributed by atoms with Gasteiger partial charge in [-0.05, 0) is 82.6 Å². The molecule has 0 saturated heterocycles. The molecule has 0 aliphatic carbocycles. The van der Waals surface area contributed by atoms with Crippen molar-refractivity contribution in [3.8, 4) is 22.5 Å². The summed E-state index contributed by atoms with van der Waals surface area (Å²) in [6.07, 6.45) is 0. The van der Waals surface area contributed by atoms with Crippen LogP contribution in [0.1, 0.15) is 0 Å². The maximum absolute atomic E-state index is 6.41. The lowest BCUT2D eigenvalue weighted by Gasteiger charge is -2.11. The number of nitrogens with zero attached hydrogens (tertiary/aromatic N) is 2. The monoisotopic (exact) mass is 624 g/mol. The molecule has 0 saturated carbocycles. The van der Waals surface area contributed by atoms with Crippen molar-refractivity contribution in [1.82, 2.24) is 9.13 Å². The van der Waals surface area contributed by atoms with Gasteiger partial charge in [0.1, 0.15) is 11.2 Å². The number of fused-ring (bicyclic) bond motifs is 11. The van der Waals surface area contributed by atoms with Gasteiger partial charge in [0.25, 0.3) is 0 Å². The van der Waals surface area contributed by atoms with E-state index in [2.05, 4.69) is 179 Å². The van der Waals surface area contributed by atoms with Gasteiger partial charge in [0.15, 0.2) is 0 Å². The molecular formula is C46H28N2O. The van der Waals surface area contributed by atoms with Crippen molar-refractivity contribution in [2.45, 2.75) is 0 Å². The van der Waals surface area contributed by atoms with E-state index >= 15 is 0 Å². The zero-order chi connectivity index (χ0) is 32.1. The molecule has 3 heteroatoms. The Hall–Kier alpha value is -6.58. The molecule has 0 unspecified atom stereocenters. The van der Waals surface area contributed by atoms with Gasteiger partial charge in [0.2, 0.25) is 0 Å². The number of rotatable bonds is 3. The van der Waals surface area contributed by atoms with E-state index in [0.29, 0.717) is 0 Å². The minimum atomic E-state index is 0.899. The molecule has 49 heavy (non-hydrogen) atoms. The first-order chi connectivity index (χ1) is 24.3. The van der Waals surface area contributed by atoms with Gasteiger partial charge >= 0.3 is 0 Å². The van der Waals surface area contributed by atoms with E-state index in [0.717, 1.165) is 33.3 Å². The quantitative estimate of drug-likeness (QED) is 0.192. The van der Waals surface area contributed by atoms with Gasteiger partial charge in [-0.1, -0.05) is 109 Å². The Kier molecular flexibility index (Phi) is 5.38. The molecule has 11 aromatic rings. The van der Waals surface area contributed by atoms with Crippen LogP contribution in [0.4, 0.5) is 0 Å². The smallest absolute Gasteiger partial charge is 0.136 e. The second-order valence-corrected chi connectivity index (χ2v) is 13.0. The third-order valence-corrected chi connectivity index (χ3v) is 10.3. The summed E-state index contributed by atoms with van der Waals surface area (Å²) in [6.45, 7) is 0. The van der Waals surface area contributed by atoms with E-state index in [-0.39, 0.29) is 0 Å². The topological polar surface area (TPSA) is 23.0 Å². The molecule has 0 radical (unpaired) electrons. The highest BCUT2D eigenvalue weighted by atomic mass is 16.3. The van der Waals surface area contributed by atoms with Crippen molar-refractivity contribution in [2.75, 3.05) is 0 Å². The third-order valence-electron chi connectivity index (χ3n) is 10.3. The van der Waals surface area contributed by atoms with Gasteiger partial charge in [0.05, 0.1) is 22.1 Å². The Bertz CT molecular complexity index is 3090. The van der Waals surface area contributed by atoms with Crippen LogP contribution in [0.3, 0.4) is 0 Å². The first-order valence-corrected chi connectivity index (χ1v) is 16.8. The van der Waals surface area contributed by atoms with E-state index in [1.165, 1.54) is 65.5 Å². The Morgan fingerprint density at radius 1 is 0.347 bits per heavy atom. The second-order valence-electron chi connectivity index (χ2n) is 13.0. The summed E-state index contributed by atoms with van der Waals surface area (Å²) in [7, 11) is 0. The first kappa shape index (κ1) is 26.5. The van der Waals surface area contributed by atoms with Crippen LogP contribution in [0.15, 0.2) is 174 Å². The molecular weight excluding hydrogens is 597 g/mol. The van der Waals surface area contributed by atoms with Crippen LogP contribution in [0.25, 0.3) is 98.8 Å². The van der Waals surface area contributed by atoms with Crippen molar-refractivity contribution in [1.29, 1.82) is 0 Å². The average molecular weight is 625 g/mol. The fraction of sp³-hybridized carbons (Fsp3) is 0. The Morgan fingerprint density at radius 2 is 0.980 bits per heavy atom.